The van der Waals surface area contributed by atoms with Gasteiger partial charge < -0.3 is 10.3 Å². The third kappa shape index (κ3) is 2.51. The normalized spacial score (nSPS) is 10.6. The van der Waals surface area contributed by atoms with Crippen molar-refractivity contribution < 1.29 is 14.1 Å². The summed E-state index contributed by atoms with van der Waals surface area (Å²) in [5.41, 5.74) is 0.842. The topological polar surface area (TPSA) is 88.0 Å². The van der Waals surface area contributed by atoms with E-state index in [2.05, 4.69) is 10.3 Å². The molecule has 0 aliphatic rings. The van der Waals surface area contributed by atoms with Crippen LogP contribution < -0.4 is 5.32 Å². The number of halogens is 1. The maximum Gasteiger partial charge on any atom is 0.272 e. The van der Waals surface area contributed by atoms with Crippen molar-refractivity contribution >= 4 is 28.2 Å². The number of non-ortho nitro benzene ring substituents is 1. The summed E-state index contributed by atoms with van der Waals surface area (Å²) >= 11 is 0. The molecule has 0 spiro atoms. The standard InChI is InChI=1S/C15H10FN3O3/c16-12-5-2-6-13-11(12)8-14(18-13)15(20)17-9-3-1-4-10(7-9)19(21)22/h1-8,18H,(H,17,20). The van der Waals surface area contributed by atoms with Crippen LogP contribution >= 0.6 is 0 Å². The molecule has 6 nitrogen and oxygen atoms in total. The van der Waals surface area contributed by atoms with E-state index in [0.717, 1.165) is 0 Å². The number of carbonyl (C=O) groups is 1. The van der Waals surface area contributed by atoms with Gasteiger partial charge in [0.2, 0.25) is 0 Å². The van der Waals surface area contributed by atoms with E-state index in [4.69, 9.17) is 0 Å². The number of aromatic nitrogens is 1. The molecular weight excluding hydrogens is 289 g/mol. The Labute approximate surface area is 123 Å². The summed E-state index contributed by atoms with van der Waals surface area (Å²) in [4.78, 5) is 25.1. The Morgan fingerprint density at radius 3 is 2.68 bits per heavy atom. The number of H-pyrrole nitrogens is 1. The van der Waals surface area contributed by atoms with Crippen molar-refractivity contribution in [2.24, 2.45) is 0 Å². The molecule has 1 heterocycles. The number of hydrogen-bond acceptors (Lipinski definition) is 3. The Kier molecular flexibility index (Phi) is 3.30. The fourth-order valence-electron chi connectivity index (χ4n) is 2.14. The first-order chi connectivity index (χ1) is 10.5. The number of aromatic amines is 1. The molecule has 0 fully saturated rings. The fourth-order valence-corrected chi connectivity index (χ4v) is 2.14. The van der Waals surface area contributed by atoms with Crippen LogP contribution in [0.15, 0.2) is 48.5 Å². The summed E-state index contributed by atoms with van der Waals surface area (Å²) in [7, 11) is 0. The summed E-state index contributed by atoms with van der Waals surface area (Å²) in [5.74, 6) is -0.931. The largest absolute Gasteiger partial charge is 0.350 e. The predicted molar refractivity (Wildman–Crippen MR) is 79.3 cm³/mol. The molecule has 22 heavy (non-hydrogen) atoms. The van der Waals surface area contributed by atoms with Crippen LogP contribution in [0, 0.1) is 15.9 Å². The Morgan fingerprint density at radius 2 is 1.95 bits per heavy atom. The van der Waals surface area contributed by atoms with Gasteiger partial charge in [-0.1, -0.05) is 12.1 Å². The number of rotatable bonds is 3. The first-order valence-corrected chi connectivity index (χ1v) is 6.37. The average molecular weight is 299 g/mol. The highest BCUT2D eigenvalue weighted by molar-refractivity contribution is 6.06. The molecule has 0 aliphatic carbocycles. The van der Waals surface area contributed by atoms with E-state index in [-0.39, 0.29) is 11.4 Å². The number of nitrogens with zero attached hydrogens (tertiary/aromatic N) is 1. The molecule has 0 radical (unpaired) electrons. The molecule has 7 heteroatoms. The molecule has 0 unspecified atom stereocenters. The van der Waals surface area contributed by atoms with Crippen LogP contribution in [-0.2, 0) is 0 Å². The smallest absolute Gasteiger partial charge is 0.272 e. The predicted octanol–water partition coefficient (Wildman–Crippen LogP) is 3.47. The average Bonchev–Trinajstić information content (AvgIpc) is 2.93. The van der Waals surface area contributed by atoms with Crippen molar-refractivity contribution in [2.45, 2.75) is 0 Å². The van der Waals surface area contributed by atoms with E-state index in [1.165, 1.54) is 42.5 Å². The Bertz CT molecular complexity index is 889. The first kappa shape index (κ1) is 13.7. The van der Waals surface area contributed by atoms with Crippen LogP contribution in [0.1, 0.15) is 10.5 Å². The monoisotopic (exact) mass is 299 g/mol. The molecule has 1 aromatic heterocycles. The lowest BCUT2D eigenvalue weighted by Crippen LogP contribution is -2.12. The molecular formula is C15H10FN3O3. The Morgan fingerprint density at radius 1 is 1.18 bits per heavy atom. The minimum atomic E-state index is -0.548. The van der Waals surface area contributed by atoms with E-state index >= 15 is 0 Å². The minimum absolute atomic E-state index is 0.125. The number of nitrogens with one attached hydrogen (secondary N) is 2. The zero-order chi connectivity index (χ0) is 15.7. The highest BCUT2D eigenvalue weighted by Crippen LogP contribution is 2.21. The molecule has 0 atom stereocenters. The number of carbonyl (C=O) groups excluding carboxylic acids is 1. The molecule has 0 aliphatic heterocycles. The van der Waals surface area contributed by atoms with Gasteiger partial charge in [-0.2, -0.15) is 0 Å². The zero-order valence-electron chi connectivity index (χ0n) is 11.2. The van der Waals surface area contributed by atoms with Gasteiger partial charge in [-0.15, -0.1) is 0 Å². The van der Waals surface area contributed by atoms with Crippen molar-refractivity contribution in [3.05, 3.63) is 70.2 Å². The highest BCUT2D eigenvalue weighted by Gasteiger charge is 2.13. The number of nitro groups is 1. The van der Waals surface area contributed by atoms with Crippen molar-refractivity contribution in [1.82, 2.24) is 4.98 Å². The molecule has 3 rings (SSSR count). The highest BCUT2D eigenvalue weighted by atomic mass is 19.1. The second kappa shape index (κ2) is 5.28. The molecule has 2 aromatic carbocycles. The van der Waals surface area contributed by atoms with Gasteiger partial charge in [0.05, 0.1) is 4.92 Å². The molecule has 0 saturated carbocycles. The van der Waals surface area contributed by atoms with E-state index in [1.54, 1.807) is 6.07 Å². The van der Waals surface area contributed by atoms with Crippen molar-refractivity contribution in [3.63, 3.8) is 0 Å². The van der Waals surface area contributed by atoms with Gasteiger partial charge in [0.1, 0.15) is 11.5 Å². The summed E-state index contributed by atoms with van der Waals surface area (Å²) in [6, 6.07) is 11.5. The van der Waals surface area contributed by atoms with Crippen LogP contribution in [-0.4, -0.2) is 15.8 Å². The van der Waals surface area contributed by atoms with Crippen LogP contribution in [0.3, 0.4) is 0 Å². The van der Waals surface area contributed by atoms with Gasteiger partial charge in [0, 0.05) is 28.7 Å². The fraction of sp³-hybridized carbons (Fsp3) is 0. The van der Waals surface area contributed by atoms with Crippen LogP contribution in [0.5, 0.6) is 0 Å². The van der Waals surface area contributed by atoms with Crippen LogP contribution in [0.4, 0.5) is 15.8 Å². The summed E-state index contributed by atoms with van der Waals surface area (Å²) < 4.78 is 13.6. The van der Waals surface area contributed by atoms with Gasteiger partial charge in [0.15, 0.2) is 0 Å². The second-order valence-corrected chi connectivity index (χ2v) is 4.65. The van der Waals surface area contributed by atoms with Crippen LogP contribution in [0.2, 0.25) is 0 Å². The number of anilines is 1. The lowest BCUT2D eigenvalue weighted by Gasteiger charge is -2.03. The van der Waals surface area contributed by atoms with Crippen molar-refractivity contribution in [2.75, 3.05) is 5.32 Å². The molecule has 3 aromatic rings. The third-order valence-corrected chi connectivity index (χ3v) is 3.17. The Balaban J connectivity index is 1.88. The lowest BCUT2D eigenvalue weighted by atomic mass is 10.2. The number of amides is 1. The van der Waals surface area contributed by atoms with Gasteiger partial charge >= 0.3 is 0 Å². The van der Waals surface area contributed by atoms with Crippen molar-refractivity contribution in [3.8, 4) is 0 Å². The summed E-state index contributed by atoms with van der Waals surface area (Å²) in [6.45, 7) is 0. The zero-order valence-corrected chi connectivity index (χ0v) is 11.2. The van der Waals surface area contributed by atoms with Gasteiger partial charge in [-0.05, 0) is 24.3 Å². The number of hydrogen-bond donors (Lipinski definition) is 2. The number of nitro benzene ring substituents is 1. The molecule has 0 saturated heterocycles. The quantitative estimate of drug-likeness (QED) is 0.573. The summed E-state index contributed by atoms with van der Waals surface area (Å²) in [5, 5.41) is 13.6. The van der Waals surface area contributed by atoms with Gasteiger partial charge in [-0.25, -0.2) is 4.39 Å². The van der Waals surface area contributed by atoms with Crippen LogP contribution in [0.25, 0.3) is 10.9 Å². The van der Waals surface area contributed by atoms with Crippen molar-refractivity contribution in [1.29, 1.82) is 0 Å². The number of fused-ring (bicyclic) bond motifs is 1. The minimum Gasteiger partial charge on any atom is -0.350 e. The number of benzene rings is 2. The molecule has 2 N–H and O–H groups in total. The van der Waals surface area contributed by atoms with E-state index in [9.17, 15) is 19.3 Å². The summed E-state index contributed by atoms with van der Waals surface area (Å²) in [6.07, 6.45) is 0. The molecule has 0 bridgehead atoms. The van der Waals surface area contributed by atoms with E-state index in [1.807, 2.05) is 0 Å². The third-order valence-electron chi connectivity index (χ3n) is 3.17. The van der Waals surface area contributed by atoms with Gasteiger partial charge in [-0.3, -0.25) is 14.9 Å². The first-order valence-electron chi connectivity index (χ1n) is 6.37. The van der Waals surface area contributed by atoms with Gasteiger partial charge in [0.25, 0.3) is 11.6 Å². The SMILES string of the molecule is O=C(Nc1cccc([N+](=O)[O-])c1)c1cc2c(F)cccc2[nH]1. The molecule has 1 amide bonds. The van der Waals surface area contributed by atoms with E-state index in [0.29, 0.717) is 16.6 Å². The maximum absolute atomic E-state index is 13.6. The second-order valence-electron chi connectivity index (χ2n) is 4.65. The van der Waals surface area contributed by atoms with E-state index < -0.39 is 16.6 Å². The maximum atomic E-state index is 13.6. The Hall–Kier alpha value is -3.22. The molecule has 110 valence electrons. The lowest BCUT2D eigenvalue weighted by molar-refractivity contribution is -0.384.